The highest BCUT2D eigenvalue weighted by molar-refractivity contribution is 5.50. The molecule has 0 aliphatic carbocycles. The first-order chi connectivity index (χ1) is 10.7. The van der Waals surface area contributed by atoms with Gasteiger partial charge in [0, 0.05) is 17.8 Å². The fourth-order valence-electron chi connectivity index (χ4n) is 2.14. The fraction of sp³-hybridized carbons (Fsp3) is 0.333. The smallest absolute Gasteiger partial charge is 0.166 e. The van der Waals surface area contributed by atoms with E-state index in [1.807, 2.05) is 24.3 Å². The van der Waals surface area contributed by atoms with E-state index in [0.29, 0.717) is 13.2 Å². The second-order valence-corrected chi connectivity index (χ2v) is 5.01. The van der Waals surface area contributed by atoms with Gasteiger partial charge >= 0.3 is 0 Å². The molecule has 22 heavy (non-hydrogen) atoms. The summed E-state index contributed by atoms with van der Waals surface area (Å²) in [6.07, 6.45) is 2.07. The minimum atomic E-state index is -0.255. The zero-order chi connectivity index (χ0) is 15.8. The Morgan fingerprint density at radius 2 is 1.95 bits per heavy atom. The van der Waals surface area contributed by atoms with Crippen molar-refractivity contribution in [3.8, 4) is 11.5 Å². The van der Waals surface area contributed by atoms with Crippen LogP contribution in [0.3, 0.4) is 0 Å². The molecule has 0 atom stereocenters. The number of halogens is 1. The maximum Gasteiger partial charge on any atom is 0.166 e. The largest absolute Gasteiger partial charge is 0.493 e. The SMILES string of the molecule is CCCCOc1c(CNc2cccc(F)c2)cccc1OC. The summed E-state index contributed by atoms with van der Waals surface area (Å²) in [5.74, 6) is 1.21. The Morgan fingerprint density at radius 3 is 2.68 bits per heavy atom. The molecule has 3 nitrogen and oxygen atoms in total. The fourth-order valence-corrected chi connectivity index (χ4v) is 2.14. The van der Waals surface area contributed by atoms with Gasteiger partial charge in [0.25, 0.3) is 0 Å². The topological polar surface area (TPSA) is 30.5 Å². The molecule has 0 unspecified atom stereocenters. The lowest BCUT2D eigenvalue weighted by Crippen LogP contribution is -2.06. The van der Waals surface area contributed by atoms with E-state index in [-0.39, 0.29) is 5.82 Å². The molecule has 0 fully saturated rings. The number of para-hydroxylation sites is 1. The van der Waals surface area contributed by atoms with E-state index >= 15 is 0 Å². The van der Waals surface area contributed by atoms with Crippen LogP contribution in [0.5, 0.6) is 11.5 Å². The molecular weight excluding hydrogens is 281 g/mol. The zero-order valence-corrected chi connectivity index (χ0v) is 13.1. The normalized spacial score (nSPS) is 10.3. The van der Waals surface area contributed by atoms with Crippen LogP contribution >= 0.6 is 0 Å². The van der Waals surface area contributed by atoms with Gasteiger partial charge < -0.3 is 14.8 Å². The number of ether oxygens (including phenoxy) is 2. The molecule has 0 amide bonds. The van der Waals surface area contributed by atoms with Crippen molar-refractivity contribution in [3.63, 3.8) is 0 Å². The molecule has 0 spiro atoms. The van der Waals surface area contributed by atoms with Gasteiger partial charge in [-0.05, 0) is 30.7 Å². The Kier molecular flexibility index (Phi) is 6.07. The van der Waals surface area contributed by atoms with Gasteiger partial charge in [0.2, 0.25) is 0 Å². The average Bonchev–Trinajstić information content (AvgIpc) is 2.54. The minimum Gasteiger partial charge on any atom is -0.493 e. The Morgan fingerprint density at radius 1 is 1.14 bits per heavy atom. The van der Waals surface area contributed by atoms with Crippen molar-refractivity contribution in [2.45, 2.75) is 26.3 Å². The number of hydrogen-bond acceptors (Lipinski definition) is 3. The summed E-state index contributed by atoms with van der Waals surface area (Å²) in [6, 6.07) is 12.2. The molecule has 0 aliphatic heterocycles. The van der Waals surface area contributed by atoms with Gasteiger partial charge in [-0.2, -0.15) is 0 Å². The van der Waals surface area contributed by atoms with E-state index in [0.717, 1.165) is 35.6 Å². The van der Waals surface area contributed by atoms with Crippen LogP contribution in [0.1, 0.15) is 25.3 Å². The van der Waals surface area contributed by atoms with Gasteiger partial charge in [-0.1, -0.05) is 31.5 Å². The van der Waals surface area contributed by atoms with Gasteiger partial charge in [-0.25, -0.2) is 4.39 Å². The Hall–Kier alpha value is -2.23. The Balaban J connectivity index is 2.11. The number of nitrogens with one attached hydrogen (secondary N) is 1. The first kappa shape index (κ1) is 16.1. The molecule has 0 radical (unpaired) electrons. The van der Waals surface area contributed by atoms with E-state index < -0.39 is 0 Å². The number of unbranched alkanes of at least 4 members (excludes halogenated alkanes) is 1. The van der Waals surface area contributed by atoms with E-state index in [4.69, 9.17) is 9.47 Å². The van der Waals surface area contributed by atoms with Crippen molar-refractivity contribution >= 4 is 5.69 Å². The Labute approximate surface area is 131 Å². The van der Waals surface area contributed by atoms with Crippen LogP contribution in [0.25, 0.3) is 0 Å². The highest BCUT2D eigenvalue weighted by Crippen LogP contribution is 2.31. The van der Waals surface area contributed by atoms with E-state index in [1.54, 1.807) is 13.2 Å². The average molecular weight is 303 g/mol. The second kappa shape index (κ2) is 8.27. The molecule has 2 aromatic carbocycles. The van der Waals surface area contributed by atoms with Crippen molar-refractivity contribution in [1.82, 2.24) is 0 Å². The third-order valence-electron chi connectivity index (χ3n) is 3.33. The van der Waals surface area contributed by atoms with Crippen LogP contribution < -0.4 is 14.8 Å². The van der Waals surface area contributed by atoms with Crippen molar-refractivity contribution in [2.24, 2.45) is 0 Å². The summed E-state index contributed by atoms with van der Waals surface area (Å²) < 4.78 is 24.5. The molecule has 0 saturated carbocycles. The summed E-state index contributed by atoms with van der Waals surface area (Å²) >= 11 is 0. The van der Waals surface area contributed by atoms with Crippen LogP contribution in [0.15, 0.2) is 42.5 Å². The van der Waals surface area contributed by atoms with Crippen molar-refractivity contribution in [2.75, 3.05) is 19.0 Å². The predicted molar refractivity (Wildman–Crippen MR) is 87.1 cm³/mol. The van der Waals surface area contributed by atoms with Crippen LogP contribution in [0, 0.1) is 5.82 Å². The van der Waals surface area contributed by atoms with Crippen LogP contribution in [0.2, 0.25) is 0 Å². The van der Waals surface area contributed by atoms with Crippen LogP contribution in [0.4, 0.5) is 10.1 Å². The molecule has 0 aliphatic rings. The lowest BCUT2D eigenvalue weighted by Gasteiger charge is -2.16. The van der Waals surface area contributed by atoms with Crippen molar-refractivity contribution < 1.29 is 13.9 Å². The third kappa shape index (κ3) is 4.38. The third-order valence-corrected chi connectivity index (χ3v) is 3.33. The first-order valence-electron chi connectivity index (χ1n) is 7.52. The van der Waals surface area contributed by atoms with Gasteiger partial charge in [-0.15, -0.1) is 0 Å². The van der Waals surface area contributed by atoms with Gasteiger partial charge in [-0.3, -0.25) is 0 Å². The van der Waals surface area contributed by atoms with Crippen LogP contribution in [-0.4, -0.2) is 13.7 Å². The summed E-state index contributed by atoms with van der Waals surface area (Å²) in [5.41, 5.74) is 1.72. The Bertz CT molecular complexity index is 601. The number of benzene rings is 2. The molecule has 0 saturated heterocycles. The molecule has 118 valence electrons. The number of rotatable bonds is 8. The monoisotopic (exact) mass is 303 g/mol. The summed E-state index contributed by atoms with van der Waals surface area (Å²) in [6.45, 7) is 3.32. The maximum absolute atomic E-state index is 13.2. The van der Waals surface area contributed by atoms with Gasteiger partial charge in [0.05, 0.1) is 13.7 Å². The van der Waals surface area contributed by atoms with Gasteiger partial charge in [0.15, 0.2) is 11.5 Å². The van der Waals surface area contributed by atoms with E-state index in [9.17, 15) is 4.39 Å². The van der Waals surface area contributed by atoms with Crippen LogP contribution in [-0.2, 0) is 6.54 Å². The lowest BCUT2D eigenvalue weighted by atomic mass is 10.1. The molecule has 4 heteroatoms. The lowest BCUT2D eigenvalue weighted by molar-refractivity contribution is 0.285. The molecule has 0 bridgehead atoms. The predicted octanol–water partition coefficient (Wildman–Crippen LogP) is 4.63. The van der Waals surface area contributed by atoms with Crippen molar-refractivity contribution in [1.29, 1.82) is 0 Å². The summed E-state index contributed by atoms with van der Waals surface area (Å²) in [7, 11) is 1.63. The van der Waals surface area contributed by atoms with Gasteiger partial charge in [0.1, 0.15) is 5.82 Å². The number of hydrogen-bond donors (Lipinski definition) is 1. The molecule has 2 rings (SSSR count). The quantitative estimate of drug-likeness (QED) is 0.721. The second-order valence-electron chi connectivity index (χ2n) is 5.01. The summed E-state index contributed by atoms with van der Waals surface area (Å²) in [4.78, 5) is 0. The molecular formula is C18H22FNO2. The maximum atomic E-state index is 13.2. The number of anilines is 1. The minimum absolute atomic E-state index is 0.255. The van der Waals surface area contributed by atoms with Crippen molar-refractivity contribution in [3.05, 3.63) is 53.8 Å². The summed E-state index contributed by atoms with van der Waals surface area (Å²) in [5, 5.41) is 3.21. The number of methoxy groups -OCH3 is 1. The highest BCUT2D eigenvalue weighted by Gasteiger charge is 2.10. The zero-order valence-electron chi connectivity index (χ0n) is 13.1. The first-order valence-corrected chi connectivity index (χ1v) is 7.52. The van der Waals surface area contributed by atoms with E-state index in [2.05, 4.69) is 12.2 Å². The molecule has 0 aromatic heterocycles. The standard InChI is InChI=1S/C18H22FNO2/c1-3-4-11-22-18-14(7-5-10-17(18)21-2)13-20-16-9-6-8-15(19)12-16/h5-10,12,20H,3-4,11,13H2,1-2H3. The molecule has 0 heterocycles. The highest BCUT2D eigenvalue weighted by atomic mass is 19.1. The van der Waals surface area contributed by atoms with E-state index in [1.165, 1.54) is 12.1 Å². The molecule has 2 aromatic rings. The molecule has 1 N–H and O–H groups in total.